The van der Waals surface area contributed by atoms with Crippen LogP contribution in [0.4, 0.5) is 5.82 Å². The third-order valence-electron chi connectivity index (χ3n) is 5.35. The lowest BCUT2D eigenvalue weighted by molar-refractivity contribution is 0.582. The molecule has 0 aliphatic rings. The number of anilines is 1. The highest BCUT2D eigenvalue weighted by atomic mass is 32.2. The van der Waals surface area contributed by atoms with Gasteiger partial charge in [0.25, 0.3) is 10.0 Å². The zero-order valence-electron chi connectivity index (χ0n) is 18.4. The van der Waals surface area contributed by atoms with Crippen molar-refractivity contribution in [3.05, 3.63) is 96.6 Å². The van der Waals surface area contributed by atoms with Crippen LogP contribution in [0.15, 0.2) is 91.0 Å². The van der Waals surface area contributed by atoms with E-state index in [0.717, 1.165) is 15.9 Å². The number of rotatable bonds is 8. The number of nitrogens with zero attached hydrogens (tertiary/aromatic N) is 4. The van der Waals surface area contributed by atoms with Crippen LogP contribution in [0.5, 0.6) is 0 Å². The molecule has 0 amide bonds. The molecule has 0 aliphatic carbocycles. The number of aromatic nitrogens is 3. The van der Waals surface area contributed by atoms with Crippen LogP contribution in [-0.2, 0) is 21.1 Å². The Morgan fingerprint density at radius 1 is 0.848 bits per heavy atom. The zero-order valence-corrected chi connectivity index (χ0v) is 20.2. The Bertz CT molecular complexity index is 1330. The van der Waals surface area contributed by atoms with E-state index in [-0.39, 0.29) is 11.3 Å². The predicted molar refractivity (Wildman–Crippen MR) is 133 cm³/mol. The van der Waals surface area contributed by atoms with Gasteiger partial charge in [0.05, 0.1) is 6.26 Å². The second kappa shape index (κ2) is 9.33. The molecule has 0 saturated heterocycles. The minimum Gasteiger partial charge on any atom is -0.350 e. The fraction of sp³-hybridized carbons (Fsp3) is 0.167. The summed E-state index contributed by atoms with van der Waals surface area (Å²) in [5.41, 5.74) is 1.14. The van der Waals surface area contributed by atoms with Crippen molar-refractivity contribution < 1.29 is 13.0 Å². The highest BCUT2D eigenvalue weighted by molar-refractivity contribution is 7.89. The first-order chi connectivity index (χ1) is 15.9. The molecule has 4 aromatic rings. The summed E-state index contributed by atoms with van der Waals surface area (Å²) in [6.45, 7) is 2.80. The van der Waals surface area contributed by atoms with Crippen LogP contribution in [-0.4, -0.2) is 35.6 Å². The number of hydrogen-bond donors (Lipinski definition) is 0. The molecule has 0 N–H and O–H groups in total. The second-order valence-electron chi connectivity index (χ2n) is 7.62. The maximum Gasteiger partial charge on any atom is 0.254 e. The first kappa shape index (κ1) is 23.0. The largest absolute Gasteiger partial charge is 0.350 e. The van der Waals surface area contributed by atoms with E-state index in [1.807, 2.05) is 78.6 Å². The molecule has 0 saturated carbocycles. The van der Waals surface area contributed by atoms with Crippen LogP contribution in [0.2, 0.25) is 0 Å². The van der Waals surface area contributed by atoms with Gasteiger partial charge in [-0.2, -0.15) is 0 Å². The van der Waals surface area contributed by atoms with Gasteiger partial charge in [-0.15, -0.1) is 9.19 Å². The van der Waals surface area contributed by atoms with Crippen LogP contribution >= 0.6 is 7.14 Å². The fourth-order valence-electron chi connectivity index (χ4n) is 3.75. The monoisotopic (exact) mass is 480 g/mol. The van der Waals surface area contributed by atoms with Crippen molar-refractivity contribution in [2.24, 2.45) is 0 Å². The van der Waals surface area contributed by atoms with E-state index in [4.69, 9.17) is 0 Å². The van der Waals surface area contributed by atoms with E-state index in [9.17, 15) is 13.0 Å². The van der Waals surface area contributed by atoms with E-state index in [0.29, 0.717) is 23.7 Å². The van der Waals surface area contributed by atoms with Gasteiger partial charge in [-0.3, -0.25) is 0 Å². The SMILES string of the molecule is CCN(Cc1ccccc1)c1c(P(=O)(c2ccccc2)c2ccccc2)nnn1S(C)(=O)=O. The molecule has 9 heteroatoms. The second-order valence-corrected chi connectivity index (χ2v) is 12.1. The van der Waals surface area contributed by atoms with Crippen molar-refractivity contribution >= 4 is 39.0 Å². The van der Waals surface area contributed by atoms with Crippen LogP contribution < -0.4 is 20.9 Å². The van der Waals surface area contributed by atoms with Gasteiger partial charge in [-0.1, -0.05) is 91.0 Å². The summed E-state index contributed by atoms with van der Waals surface area (Å²) >= 11 is 0. The van der Waals surface area contributed by atoms with Crippen molar-refractivity contribution in [2.75, 3.05) is 17.7 Å². The van der Waals surface area contributed by atoms with Crippen LogP contribution in [0.1, 0.15) is 12.5 Å². The summed E-state index contributed by atoms with van der Waals surface area (Å²) in [4.78, 5) is 1.85. The van der Waals surface area contributed by atoms with Gasteiger partial charge >= 0.3 is 0 Å². The topological polar surface area (TPSA) is 85.2 Å². The van der Waals surface area contributed by atoms with Crippen molar-refractivity contribution in [3.63, 3.8) is 0 Å². The van der Waals surface area contributed by atoms with Crippen molar-refractivity contribution in [1.29, 1.82) is 0 Å². The van der Waals surface area contributed by atoms with E-state index < -0.39 is 17.2 Å². The first-order valence-electron chi connectivity index (χ1n) is 10.5. The number of benzene rings is 3. The Kier molecular flexibility index (Phi) is 6.49. The Balaban J connectivity index is 2.00. The third kappa shape index (κ3) is 4.49. The summed E-state index contributed by atoms with van der Waals surface area (Å²) in [5.74, 6) is 0.222. The quantitative estimate of drug-likeness (QED) is 0.361. The molecule has 3 aromatic carbocycles. The van der Waals surface area contributed by atoms with E-state index in [2.05, 4.69) is 10.3 Å². The van der Waals surface area contributed by atoms with Crippen LogP contribution in [0.25, 0.3) is 0 Å². The molecule has 4 rings (SSSR count). The highest BCUT2D eigenvalue weighted by Crippen LogP contribution is 2.44. The molecule has 0 atom stereocenters. The van der Waals surface area contributed by atoms with Gasteiger partial charge in [-0.25, -0.2) is 8.42 Å². The Labute approximate surface area is 194 Å². The maximum absolute atomic E-state index is 14.9. The lowest BCUT2D eigenvalue weighted by Gasteiger charge is -2.26. The summed E-state index contributed by atoms with van der Waals surface area (Å²) in [5, 5.41) is 9.35. The fourth-order valence-corrected chi connectivity index (χ4v) is 7.16. The average molecular weight is 481 g/mol. The maximum atomic E-state index is 14.9. The molecule has 0 unspecified atom stereocenters. The summed E-state index contributed by atoms with van der Waals surface area (Å²) in [7, 11) is -7.34. The molecule has 7 nitrogen and oxygen atoms in total. The molecule has 0 radical (unpaired) electrons. The van der Waals surface area contributed by atoms with Crippen molar-refractivity contribution in [3.8, 4) is 0 Å². The molecule has 1 aromatic heterocycles. The zero-order chi connectivity index (χ0) is 23.5. The molecule has 0 aliphatic heterocycles. The van der Waals surface area contributed by atoms with E-state index in [1.54, 1.807) is 24.3 Å². The van der Waals surface area contributed by atoms with Gasteiger partial charge in [0.2, 0.25) is 0 Å². The predicted octanol–water partition coefficient (Wildman–Crippen LogP) is 2.75. The van der Waals surface area contributed by atoms with Gasteiger partial charge in [0, 0.05) is 23.7 Å². The molecule has 0 spiro atoms. The molecule has 0 bridgehead atoms. The average Bonchev–Trinajstić information content (AvgIpc) is 3.30. The standard InChI is InChI=1S/C24H25N4O3PS/c1-3-27(19-20-13-7-4-8-14-20)24-23(25-26-28(24)33(2,30)31)32(29,21-15-9-5-10-16-21)22-17-11-6-12-18-22/h4-18H,3,19H2,1-2H3. The van der Waals surface area contributed by atoms with Gasteiger partial charge < -0.3 is 9.46 Å². The van der Waals surface area contributed by atoms with Gasteiger partial charge in [-0.05, 0) is 17.7 Å². The van der Waals surface area contributed by atoms with Crippen molar-refractivity contribution in [1.82, 2.24) is 14.4 Å². The van der Waals surface area contributed by atoms with Crippen LogP contribution in [0.3, 0.4) is 0 Å². The van der Waals surface area contributed by atoms with Gasteiger partial charge in [0.1, 0.15) is 0 Å². The Morgan fingerprint density at radius 2 is 1.33 bits per heavy atom. The smallest absolute Gasteiger partial charge is 0.254 e. The van der Waals surface area contributed by atoms with Crippen molar-refractivity contribution in [2.45, 2.75) is 13.5 Å². The Morgan fingerprint density at radius 3 is 1.79 bits per heavy atom. The minimum absolute atomic E-state index is 0.156. The molecule has 1 heterocycles. The first-order valence-corrected chi connectivity index (χ1v) is 14.1. The Hall–Kier alpha value is -3.22. The summed E-state index contributed by atoms with van der Waals surface area (Å²) in [6.07, 6.45) is 1.07. The van der Waals surface area contributed by atoms with E-state index >= 15 is 0 Å². The summed E-state index contributed by atoms with van der Waals surface area (Å²) < 4.78 is 41.2. The van der Waals surface area contributed by atoms with Gasteiger partial charge in [0.15, 0.2) is 18.4 Å². The highest BCUT2D eigenvalue weighted by Gasteiger charge is 2.39. The molecule has 33 heavy (non-hydrogen) atoms. The third-order valence-corrected chi connectivity index (χ3v) is 9.16. The molecule has 170 valence electrons. The summed E-state index contributed by atoms with van der Waals surface area (Å²) in [6, 6.07) is 27.8. The van der Waals surface area contributed by atoms with E-state index in [1.165, 1.54) is 0 Å². The normalized spacial score (nSPS) is 11.9. The minimum atomic E-state index is -3.80. The number of hydrogen-bond acceptors (Lipinski definition) is 6. The molecule has 0 fully saturated rings. The molecular weight excluding hydrogens is 455 g/mol. The lowest BCUT2D eigenvalue weighted by atomic mass is 10.2. The lowest BCUT2D eigenvalue weighted by Crippen LogP contribution is -2.34. The van der Waals surface area contributed by atoms with Crippen LogP contribution in [0, 0.1) is 0 Å². The molecular formula is C24H25N4O3PS.